The van der Waals surface area contributed by atoms with Gasteiger partial charge in [-0.2, -0.15) is 0 Å². The second kappa shape index (κ2) is 2.62. The van der Waals surface area contributed by atoms with Gasteiger partial charge in [0.25, 0.3) is 0 Å². The molecule has 4 nitrogen and oxygen atoms in total. The van der Waals surface area contributed by atoms with E-state index in [-0.39, 0.29) is 24.4 Å². The molecule has 1 aliphatic heterocycles. The topological polar surface area (TPSA) is 63.6 Å². The van der Waals surface area contributed by atoms with Crippen LogP contribution in [0.4, 0.5) is 0 Å². The van der Waals surface area contributed by atoms with E-state index in [4.69, 9.17) is 9.84 Å². The Morgan fingerprint density at radius 2 is 2.25 bits per heavy atom. The number of aldehydes is 1. The van der Waals surface area contributed by atoms with E-state index < -0.39 is 11.2 Å². The first-order valence-electron chi connectivity index (χ1n) is 3.55. The van der Waals surface area contributed by atoms with Gasteiger partial charge in [-0.15, -0.1) is 0 Å². The molecule has 0 unspecified atom stereocenters. The number of carbonyl (C=O) groups is 2. The monoisotopic (exact) mass is 170 g/mol. The van der Waals surface area contributed by atoms with Gasteiger partial charge in [-0.25, -0.2) is 0 Å². The first kappa shape index (κ1) is 8.77. The van der Waals surface area contributed by atoms with Crippen molar-refractivity contribution in [2.75, 3.05) is 6.61 Å². The number of aliphatic hydroxyl groups is 1. The molecule has 0 aromatic carbocycles. The van der Waals surface area contributed by atoms with E-state index in [0.717, 1.165) is 0 Å². The van der Waals surface area contributed by atoms with Crippen LogP contribution in [0.2, 0.25) is 0 Å². The number of ketones is 1. The zero-order valence-corrected chi connectivity index (χ0v) is 6.96. The molecule has 1 rings (SSSR count). The molecule has 1 fully saturated rings. The zero-order chi connectivity index (χ0) is 9.35. The van der Waals surface area contributed by atoms with Crippen LogP contribution in [-0.2, 0) is 14.3 Å². The normalized spacial score (nSPS) is 25.0. The maximum Gasteiger partial charge on any atom is 0.210 e. The summed E-state index contributed by atoms with van der Waals surface area (Å²) in [5.41, 5.74) is -0.633. The van der Waals surface area contributed by atoms with Crippen LogP contribution in [-0.4, -0.2) is 23.8 Å². The predicted octanol–water partition coefficient (Wildman–Crippen LogP) is 0.580. The molecule has 1 aliphatic rings. The molecule has 1 heterocycles. The summed E-state index contributed by atoms with van der Waals surface area (Å²) < 4.78 is 4.88. The molecular formula is C8H10O4. The Kier molecular flexibility index (Phi) is 1.92. The van der Waals surface area contributed by atoms with Crippen molar-refractivity contribution in [2.24, 2.45) is 5.41 Å². The molecule has 0 atom stereocenters. The van der Waals surface area contributed by atoms with Crippen LogP contribution in [0.5, 0.6) is 0 Å². The number of ether oxygens (including phenoxy) is 1. The third kappa shape index (κ3) is 1.20. The minimum absolute atomic E-state index is 0.203. The fraction of sp³-hybridized carbons (Fsp3) is 0.500. The van der Waals surface area contributed by atoms with Gasteiger partial charge >= 0.3 is 0 Å². The molecule has 0 amide bonds. The van der Waals surface area contributed by atoms with E-state index in [9.17, 15) is 9.59 Å². The van der Waals surface area contributed by atoms with Gasteiger partial charge in [-0.1, -0.05) is 0 Å². The molecule has 0 saturated carbocycles. The van der Waals surface area contributed by atoms with Crippen LogP contribution in [0.25, 0.3) is 0 Å². The number of rotatable bonds is 1. The molecule has 66 valence electrons. The van der Waals surface area contributed by atoms with Gasteiger partial charge in [0.15, 0.2) is 6.29 Å². The van der Waals surface area contributed by atoms with E-state index in [1.807, 2.05) is 0 Å². The Morgan fingerprint density at radius 1 is 1.67 bits per heavy atom. The molecule has 1 N–H and O–H groups in total. The largest absolute Gasteiger partial charge is 0.502 e. The zero-order valence-electron chi connectivity index (χ0n) is 6.96. The first-order valence-corrected chi connectivity index (χ1v) is 3.55. The molecule has 0 aromatic heterocycles. The van der Waals surface area contributed by atoms with Crippen molar-refractivity contribution in [3.8, 4) is 0 Å². The standard InChI is InChI=1S/C8H10O4/c1-8(2)4-12-6(7(8)11)5(10)3-9/h3,10H,4H2,1-2H3. The van der Waals surface area contributed by atoms with Crippen LogP contribution in [0.1, 0.15) is 13.8 Å². The summed E-state index contributed by atoms with van der Waals surface area (Å²) in [6.07, 6.45) is 0.203. The highest BCUT2D eigenvalue weighted by Gasteiger charge is 2.40. The quantitative estimate of drug-likeness (QED) is 0.355. The van der Waals surface area contributed by atoms with E-state index in [2.05, 4.69) is 0 Å². The second-order valence-electron chi connectivity index (χ2n) is 3.33. The Hall–Kier alpha value is -1.32. The molecule has 12 heavy (non-hydrogen) atoms. The highest BCUT2D eigenvalue weighted by Crippen LogP contribution is 2.30. The Bertz CT molecular complexity index is 262. The smallest absolute Gasteiger partial charge is 0.210 e. The maximum absolute atomic E-state index is 11.3. The van der Waals surface area contributed by atoms with Crippen LogP contribution >= 0.6 is 0 Å². The average Bonchev–Trinajstić information content (AvgIpc) is 2.27. The van der Waals surface area contributed by atoms with E-state index in [1.54, 1.807) is 13.8 Å². The minimum atomic E-state index is -0.633. The number of hydrogen-bond donors (Lipinski definition) is 1. The summed E-state index contributed by atoms with van der Waals surface area (Å²) in [5, 5.41) is 8.93. The van der Waals surface area contributed by atoms with Gasteiger partial charge in [0.1, 0.15) is 6.61 Å². The fourth-order valence-corrected chi connectivity index (χ4v) is 0.935. The lowest BCUT2D eigenvalue weighted by molar-refractivity contribution is -0.121. The number of hydrogen-bond acceptors (Lipinski definition) is 4. The molecule has 0 aliphatic carbocycles. The third-order valence-electron chi connectivity index (χ3n) is 1.74. The van der Waals surface area contributed by atoms with E-state index >= 15 is 0 Å². The lowest BCUT2D eigenvalue weighted by atomic mass is 9.90. The summed E-state index contributed by atoms with van der Waals surface area (Å²) in [5.74, 6) is -1.16. The SMILES string of the molecule is CC1(C)COC(=C(O)C=O)C1=O. The molecule has 0 spiro atoms. The summed E-state index contributed by atoms with van der Waals surface area (Å²) >= 11 is 0. The van der Waals surface area contributed by atoms with Crippen molar-refractivity contribution in [3.63, 3.8) is 0 Å². The molecular weight excluding hydrogens is 160 g/mol. The highest BCUT2D eigenvalue weighted by atomic mass is 16.5. The number of allylic oxidation sites excluding steroid dienone is 2. The summed E-state index contributed by atoms with van der Waals surface area (Å²) in [6, 6.07) is 0. The van der Waals surface area contributed by atoms with Gasteiger partial charge in [0.2, 0.25) is 17.3 Å². The van der Waals surface area contributed by atoms with Gasteiger partial charge in [-0.05, 0) is 13.8 Å². The van der Waals surface area contributed by atoms with Crippen LogP contribution in [0, 0.1) is 5.41 Å². The Morgan fingerprint density at radius 3 is 2.58 bits per heavy atom. The number of Topliss-reactive ketones (excluding diaryl/α,β-unsaturated/α-hetero) is 1. The van der Waals surface area contributed by atoms with Crippen molar-refractivity contribution >= 4 is 12.1 Å². The maximum atomic E-state index is 11.3. The van der Waals surface area contributed by atoms with Gasteiger partial charge in [0.05, 0.1) is 5.41 Å². The van der Waals surface area contributed by atoms with Crippen molar-refractivity contribution in [3.05, 3.63) is 11.5 Å². The number of carbonyl (C=O) groups excluding carboxylic acids is 2. The third-order valence-corrected chi connectivity index (χ3v) is 1.74. The van der Waals surface area contributed by atoms with Crippen LogP contribution in [0.3, 0.4) is 0 Å². The second-order valence-corrected chi connectivity index (χ2v) is 3.33. The van der Waals surface area contributed by atoms with Gasteiger partial charge < -0.3 is 9.84 Å². The average molecular weight is 170 g/mol. The lowest BCUT2D eigenvalue weighted by Crippen LogP contribution is -2.21. The van der Waals surface area contributed by atoms with Gasteiger partial charge in [0, 0.05) is 0 Å². The lowest BCUT2D eigenvalue weighted by Gasteiger charge is -2.08. The van der Waals surface area contributed by atoms with Crippen molar-refractivity contribution in [1.29, 1.82) is 0 Å². The molecule has 0 aromatic rings. The van der Waals surface area contributed by atoms with Crippen LogP contribution in [0.15, 0.2) is 11.5 Å². The first-order chi connectivity index (χ1) is 5.49. The van der Waals surface area contributed by atoms with Gasteiger partial charge in [-0.3, -0.25) is 9.59 Å². The molecule has 0 radical (unpaired) electrons. The van der Waals surface area contributed by atoms with E-state index in [1.165, 1.54) is 0 Å². The molecule has 1 saturated heterocycles. The molecule has 0 bridgehead atoms. The summed E-state index contributed by atoms with van der Waals surface area (Å²) in [6.45, 7) is 3.60. The van der Waals surface area contributed by atoms with E-state index in [0.29, 0.717) is 0 Å². The van der Waals surface area contributed by atoms with Crippen molar-refractivity contribution in [2.45, 2.75) is 13.8 Å². The van der Waals surface area contributed by atoms with Crippen LogP contribution < -0.4 is 0 Å². The Labute approximate surface area is 69.8 Å². The highest BCUT2D eigenvalue weighted by molar-refractivity contribution is 6.02. The summed E-state index contributed by atoms with van der Waals surface area (Å²) in [7, 11) is 0. The van der Waals surface area contributed by atoms with Crippen molar-refractivity contribution in [1.82, 2.24) is 0 Å². The van der Waals surface area contributed by atoms with Crippen molar-refractivity contribution < 1.29 is 19.4 Å². The Balaban J connectivity index is 3.03. The summed E-state index contributed by atoms with van der Waals surface area (Å²) in [4.78, 5) is 21.4. The fourth-order valence-electron chi connectivity index (χ4n) is 0.935. The minimum Gasteiger partial charge on any atom is -0.502 e. The predicted molar refractivity (Wildman–Crippen MR) is 40.5 cm³/mol. The number of aliphatic hydroxyl groups excluding tert-OH is 1. The molecule has 4 heteroatoms.